The summed E-state index contributed by atoms with van der Waals surface area (Å²) < 4.78 is 6.10. The molecule has 3 heteroatoms. The Morgan fingerprint density at radius 2 is 1.85 bits per heavy atom. The van der Waals surface area contributed by atoms with Crippen molar-refractivity contribution in [2.24, 2.45) is 0 Å². The summed E-state index contributed by atoms with van der Waals surface area (Å²) in [5.41, 5.74) is 2.55. The van der Waals surface area contributed by atoms with E-state index in [1.807, 2.05) is 0 Å². The number of hydrogen-bond donors (Lipinski definition) is 0. The van der Waals surface area contributed by atoms with Crippen LogP contribution in [-0.4, -0.2) is 30.6 Å². The molecule has 0 bridgehead atoms. The van der Waals surface area contributed by atoms with Crippen molar-refractivity contribution >= 4 is 11.3 Å². The highest BCUT2D eigenvalue weighted by atomic mass is 32.1. The molecule has 2 aromatic rings. The minimum atomic E-state index is 0.379. The lowest BCUT2D eigenvalue weighted by Crippen LogP contribution is -2.37. The lowest BCUT2D eigenvalue weighted by Gasteiger charge is -2.31. The first kappa shape index (κ1) is 13.7. The largest absolute Gasteiger partial charge is 0.490 e. The van der Waals surface area contributed by atoms with Crippen LogP contribution in [0, 0.1) is 0 Å². The predicted octanol–water partition coefficient (Wildman–Crippen LogP) is 4.28. The van der Waals surface area contributed by atoms with Crippen LogP contribution in [0.25, 0.3) is 11.1 Å². The average Bonchev–Trinajstić information content (AvgIpc) is 3.03. The van der Waals surface area contributed by atoms with Gasteiger partial charge in [0.15, 0.2) is 0 Å². The molecule has 1 aliphatic rings. The van der Waals surface area contributed by atoms with E-state index in [4.69, 9.17) is 4.74 Å². The summed E-state index contributed by atoms with van der Waals surface area (Å²) in [6.45, 7) is 5.70. The van der Waals surface area contributed by atoms with Crippen LogP contribution in [0.2, 0.25) is 0 Å². The zero-order valence-corrected chi connectivity index (χ0v) is 12.7. The van der Waals surface area contributed by atoms with E-state index < -0.39 is 0 Å². The molecular weight excluding hydrogens is 266 g/mol. The molecule has 1 aliphatic heterocycles. The van der Waals surface area contributed by atoms with E-state index in [0.29, 0.717) is 6.10 Å². The van der Waals surface area contributed by atoms with Gasteiger partial charge in [0.1, 0.15) is 11.9 Å². The van der Waals surface area contributed by atoms with Crippen LogP contribution in [0.3, 0.4) is 0 Å². The lowest BCUT2D eigenvalue weighted by molar-refractivity contribution is 0.104. The third-order valence-electron chi connectivity index (χ3n) is 3.99. The fraction of sp³-hybridized carbons (Fsp3) is 0.412. The molecule has 1 saturated heterocycles. The van der Waals surface area contributed by atoms with Crippen molar-refractivity contribution in [2.45, 2.75) is 25.9 Å². The molecule has 1 aromatic carbocycles. The van der Waals surface area contributed by atoms with Crippen LogP contribution in [0.1, 0.15) is 19.8 Å². The van der Waals surface area contributed by atoms with Crippen LogP contribution < -0.4 is 4.74 Å². The summed E-state index contributed by atoms with van der Waals surface area (Å²) in [6.07, 6.45) is 2.66. The van der Waals surface area contributed by atoms with E-state index in [9.17, 15) is 0 Å². The van der Waals surface area contributed by atoms with Gasteiger partial charge in [-0.3, -0.25) is 0 Å². The minimum absolute atomic E-state index is 0.379. The molecule has 1 fully saturated rings. The molecule has 0 amide bonds. The van der Waals surface area contributed by atoms with Gasteiger partial charge in [-0.15, -0.1) is 0 Å². The number of thiophene rings is 1. The van der Waals surface area contributed by atoms with Crippen LogP contribution in [0.15, 0.2) is 41.1 Å². The van der Waals surface area contributed by atoms with Crippen molar-refractivity contribution in [1.29, 1.82) is 0 Å². The Bertz CT molecular complexity index is 512. The Kier molecular flexibility index (Phi) is 4.38. The molecule has 0 atom stereocenters. The molecule has 0 N–H and O–H groups in total. The molecule has 3 rings (SSSR count). The maximum absolute atomic E-state index is 6.10. The topological polar surface area (TPSA) is 12.5 Å². The number of likely N-dealkylation sites (tertiary alicyclic amines) is 1. The quantitative estimate of drug-likeness (QED) is 0.832. The van der Waals surface area contributed by atoms with Gasteiger partial charge in [0, 0.05) is 13.1 Å². The van der Waals surface area contributed by atoms with Crippen molar-refractivity contribution in [3.8, 4) is 16.9 Å². The van der Waals surface area contributed by atoms with E-state index in [-0.39, 0.29) is 0 Å². The Morgan fingerprint density at radius 1 is 1.10 bits per heavy atom. The molecule has 20 heavy (non-hydrogen) atoms. The molecule has 0 radical (unpaired) electrons. The summed E-state index contributed by atoms with van der Waals surface area (Å²) in [5.74, 6) is 0.999. The zero-order chi connectivity index (χ0) is 13.8. The Labute approximate surface area is 125 Å². The van der Waals surface area contributed by atoms with Gasteiger partial charge in [-0.05, 0) is 59.5 Å². The fourth-order valence-electron chi connectivity index (χ4n) is 2.69. The van der Waals surface area contributed by atoms with Crippen molar-refractivity contribution in [1.82, 2.24) is 4.90 Å². The molecule has 0 saturated carbocycles. The molecule has 1 aromatic heterocycles. The van der Waals surface area contributed by atoms with Gasteiger partial charge < -0.3 is 9.64 Å². The number of nitrogens with zero attached hydrogens (tertiary/aromatic N) is 1. The monoisotopic (exact) mass is 287 g/mol. The third-order valence-corrected chi connectivity index (χ3v) is 4.68. The van der Waals surface area contributed by atoms with Crippen molar-refractivity contribution in [2.75, 3.05) is 19.6 Å². The molecule has 0 aliphatic carbocycles. The minimum Gasteiger partial charge on any atom is -0.490 e. The zero-order valence-electron chi connectivity index (χ0n) is 11.9. The second kappa shape index (κ2) is 6.42. The fourth-order valence-corrected chi connectivity index (χ4v) is 3.36. The van der Waals surface area contributed by atoms with Crippen molar-refractivity contribution in [3.05, 3.63) is 41.1 Å². The normalized spacial score (nSPS) is 17.2. The maximum atomic E-state index is 6.10. The first-order chi connectivity index (χ1) is 9.85. The highest BCUT2D eigenvalue weighted by Crippen LogP contribution is 2.25. The summed E-state index contributed by atoms with van der Waals surface area (Å²) in [5, 5.41) is 4.29. The van der Waals surface area contributed by atoms with Gasteiger partial charge in [-0.2, -0.15) is 11.3 Å². The highest BCUT2D eigenvalue weighted by Gasteiger charge is 2.19. The number of piperidine rings is 1. The lowest BCUT2D eigenvalue weighted by atomic mass is 10.1. The number of ether oxygens (including phenoxy) is 1. The summed E-state index contributed by atoms with van der Waals surface area (Å²) in [4.78, 5) is 2.49. The van der Waals surface area contributed by atoms with E-state index in [2.05, 4.69) is 52.9 Å². The Hall–Kier alpha value is -1.32. The standard InChI is InChI=1S/C17H21NOS/c1-2-18-10-7-17(8-11-18)19-16-5-3-14(4-6-16)15-9-12-20-13-15/h3-6,9,12-13,17H,2,7-8,10-11H2,1H3. The van der Waals surface area contributed by atoms with Gasteiger partial charge in [0.05, 0.1) is 0 Å². The van der Waals surface area contributed by atoms with E-state index in [1.165, 1.54) is 11.1 Å². The number of hydrogen-bond acceptors (Lipinski definition) is 3. The van der Waals surface area contributed by atoms with Crippen LogP contribution in [0.5, 0.6) is 5.75 Å². The summed E-state index contributed by atoms with van der Waals surface area (Å²) >= 11 is 1.73. The van der Waals surface area contributed by atoms with Crippen molar-refractivity contribution in [3.63, 3.8) is 0 Å². The van der Waals surface area contributed by atoms with Crippen LogP contribution in [0.4, 0.5) is 0 Å². The van der Waals surface area contributed by atoms with E-state index in [1.54, 1.807) is 11.3 Å². The first-order valence-corrected chi connectivity index (χ1v) is 8.31. The van der Waals surface area contributed by atoms with Gasteiger partial charge in [0.25, 0.3) is 0 Å². The predicted molar refractivity (Wildman–Crippen MR) is 85.5 cm³/mol. The Balaban J connectivity index is 1.59. The van der Waals surface area contributed by atoms with Gasteiger partial charge in [-0.1, -0.05) is 19.1 Å². The van der Waals surface area contributed by atoms with Crippen molar-refractivity contribution < 1.29 is 4.74 Å². The second-order valence-corrected chi connectivity index (χ2v) is 6.07. The SMILES string of the molecule is CCN1CCC(Oc2ccc(-c3ccsc3)cc2)CC1. The van der Waals surface area contributed by atoms with Gasteiger partial charge >= 0.3 is 0 Å². The van der Waals surface area contributed by atoms with Gasteiger partial charge in [0.2, 0.25) is 0 Å². The molecular formula is C17H21NOS. The molecule has 2 nitrogen and oxygen atoms in total. The molecule has 2 heterocycles. The first-order valence-electron chi connectivity index (χ1n) is 7.37. The Morgan fingerprint density at radius 3 is 2.45 bits per heavy atom. The molecule has 106 valence electrons. The van der Waals surface area contributed by atoms with E-state index in [0.717, 1.165) is 38.2 Å². The number of rotatable bonds is 4. The third kappa shape index (κ3) is 3.22. The van der Waals surface area contributed by atoms with Crippen LogP contribution in [-0.2, 0) is 0 Å². The second-order valence-electron chi connectivity index (χ2n) is 5.29. The summed E-state index contributed by atoms with van der Waals surface area (Å²) in [6, 6.07) is 10.6. The molecule has 0 spiro atoms. The van der Waals surface area contributed by atoms with Gasteiger partial charge in [-0.25, -0.2) is 0 Å². The maximum Gasteiger partial charge on any atom is 0.119 e. The van der Waals surface area contributed by atoms with E-state index >= 15 is 0 Å². The number of benzene rings is 1. The average molecular weight is 287 g/mol. The molecule has 0 unspecified atom stereocenters. The van der Waals surface area contributed by atoms with Crippen LogP contribution >= 0.6 is 11.3 Å². The smallest absolute Gasteiger partial charge is 0.119 e. The summed E-state index contributed by atoms with van der Waals surface area (Å²) in [7, 11) is 0. The highest BCUT2D eigenvalue weighted by molar-refractivity contribution is 7.08.